The minimum Gasteiger partial charge on any atom is -0.480 e. The third-order valence-corrected chi connectivity index (χ3v) is 2.02. The van der Waals surface area contributed by atoms with Crippen molar-refractivity contribution in [1.82, 2.24) is 5.32 Å². The first-order valence-electron chi connectivity index (χ1n) is 5.17. The number of anilines is 1. The normalized spacial score (nSPS) is 9.71. The Hall–Kier alpha value is -2.08. The summed E-state index contributed by atoms with van der Waals surface area (Å²) in [4.78, 5) is 21.7. The number of carboxylic acid groups (broad SMARTS) is 1. The number of carboxylic acids is 1. The number of carbonyl (C=O) groups excluding carboxylic acids is 1. The van der Waals surface area contributed by atoms with E-state index in [1.807, 2.05) is 0 Å². The third-order valence-electron chi connectivity index (χ3n) is 2.02. The lowest BCUT2D eigenvalue weighted by Crippen LogP contribution is -2.29. The predicted octanol–water partition coefficient (Wildman–Crippen LogP) is -0.128. The van der Waals surface area contributed by atoms with Crippen molar-refractivity contribution < 1.29 is 14.7 Å². The first-order chi connectivity index (χ1) is 8.13. The first-order valence-corrected chi connectivity index (χ1v) is 5.17. The molecule has 0 saturated carbocycles. The van der Waals surface area contributed by atoms with Crippen LogP contribution in [0.15, 0.2) is 24.3 Å². The van der Waals surface area contributed by atoms with Crippen LogP contribution in [0, 0.1) is 0 Å². The summed E-state index contributed by atoms with van der Waals surface area (Å²) in [6.07, 6.45) is 0. The molecule has 0 aliphatic rings. The number of hydrogen-bond acceptors (Lipinski definition) is 4. The van der Waals surface area contributed by atoms with Crippen molar-refractivity contribution in [3.8, 4) is 0 Å². The lowest BCUT2D eigenvalue weighted by molar-refractivity contribution is -0.135. The fraction of sp³-hybridized carbons (Fsp3) is 0.273. The van der Waals surface area contributed by atoms with Crippen molar-refractivity contribution in [1.29, 1.82) is 0 Å². The average molecular weight is 237 g/mol. The number of carbonyl (C=O) groups is 2. The minimum atomic E-state index is -1.07. The molecule has 0 fully saturated rings. The summed E-state index contributed by atoms with van der Waals surface area (Å²) < 4.78 is 0. The van der Waals surface area contributed by atoms with Gasteiger partial charge in [0, 0.05) is 24.3 Å². The van der Waals surface area contributed by atoms with Crippen LogP contribution in [0.1, 0.15) is 10.4 Å². The molecule has 0 radical (unpaired) electrons. The lowest BCUT2D eigenvalue weighted by Gasteiger charge is -2.06. The van der Waals surface area contributed by atoms with E-state index in [-0.39, 0.29) is 6.54 Å². The molecule has 6 nitrogen and oxygen atoms in total. The largest absolute Gasteiger partial charge is 0.480 e. The Morgan fingerprint density at radius 3 is 2.41 bits per heavy atom. The van der Waals surface area contributed by atoms with Crippen LogP contribution in [-0.4, -0.2) is 36.6 Å². The second-order valence-electron chi connectivity index (χ2n) is 3.37. The number of benzene rings is 1. The molecule has 0 aromatic heterocycles. The van der Waals surface area contributed by atoms with Crippen LogP contribution in [-0.2, 0) is 4.79 Å². The maximum absolute atomic E-state index is 11.5. The molecule has 1 aromatic rings. The molecular formula is C11H15N3O3. The fourth-order valence-corrected chi connectivity index (χ4v) is 1.21. The molecule has 92 valence electrons. The van der Waals surface area contributed by atoms with E-state index in [4.69, 9.17) is 10.8 Å². The molecule has 0 saturated heterocycles. The van der Waals surface area contributed by atoms with Gasteiger partial charge in [-0.25, -0.2) is 0 Å². The summed E-state index contributed by atoms with van der Waals surface area (Å²) in [7, 11) is 0. The van der Waals surface area contributed by atoms with Crippen LogP contribution in [0.4, 0.5) is 5.69 Å². The van der Waals surface area contributed by atoms with Gasteiger partial charge in [0.25, 0.3) is 5.91 Å². The molecule has 0 aliphatic carbocycles. The zero-order valence-corrected chi connectivity index (χ0v) is 9.27. The topological polar surface area (TPSA) is 104 Å². The van der Waals surface area contributed by atoms with Crippen LogP contribution in [0.5, 0.6) is 0 Å². The average Bonchev–Trinajstić information content (AvgIpc) is 2.34. The summed E-state index contributed by atoms with van der Waals surface area (Å²) in [6.45, 7) is 0.803. The molecule has 0 heterocycles. The summed E-state index contributed by atoms with van der Waals surface area (Å²) >= 11 is 0. The van der Waals surface area contributed by atoms with Crippen molar-refractivity contribution >= 4 is 17.6 Å². The predicted molar refractivity (Wildman–Crippen MR) is 64.0 cm³/mol. The Bertz CT molecular complexity index is 389. The second kappa shape index (κ2) is 6.49. The number of hydrogen-bond donors (Lipinski definition) is 4. The number of rotatable bonds is 6. The summed E-state index contributed by atoms with van der Waals surface area (Å²) in [5.74, 6) is -1.47. The zero-order chi connectivity index (χ0) is 12.7. The van der Waals surface area contributed by atoms with Crippen LogP contribution in [0.25, 0.3) is 0 Å². The second-order valence-corrected chi connectivity index (χ2v) is 3.37. The molecule has 1 rings (SSSR count). The summed E-state index contributed by atoms with van der Waals surface area (Å²) in [5.41, 5.74) is 6.63. The zero-order valence-electron chi connectivity index (χ0n) is 9.27. The minimum absolute atomic E-state index is 0.383. The Labute approximate surface area is 98.8 Å². The molecule has 1 aromatic carbocycles. The quantitative estimate of drug-likeness (QED) is 0.551. The number of aliphatic carboxylic acids is 1. The standard InChI is InChI=1S/C11H15N3O3/c12-5-6-13-9-3-1-8(2-4-9)11(17)14-7-10(15)16/h1-4,13H,5-7,12H2,(H,14,17)(H,15,16). The fourth-order valence-electron chi connectivity index (χ4n) is 1.21. The smallest absolute Gasteiger partial charge is 0.322 e. The molecule has 0 aliphatic heterocycles. The van der Waals surface area contributed by atoms with Gasteiger partial charge >= 0.3 is 5.97 Å². The van der Waals surface area contributed by atoms with E-state index in [2.05, 4.69) is 10.6 Å². The van der Waals surface area contributed by atoms with E-state index in [9.17, 15) is 9.59 Å². The van der Waals surface area contributed by atoms with Crippen molar-refractivity contribution in [2.24, 2.45) is 5.73 Å². The van der Waals surface area contributed by atoms with Crippen LogP contribution in [0.3, 0.4) is 0 Å². The van der Waals surface area contributed by atoms with Crippen molar-refractivity contribution in [3.63, 3.8) is 0 Å². The maximum Gasteiger partial charge on any atom is 0.322 e. The molecule has 0 unspecified atom stereocenters. The maximum atomic E-state index is 11.5. The number of nitrogens with one attached hydrogen (secondary N) is 2. The van der Waals surface area contributed by atoms with Gasteiger partial charge in [-0.3, -0.25) is 9.59 Å². The van der Waals surface area contributed by atoms with Gasteiger partial charge in [-0.05, 0) is 24.3 Å². The Morgan fingerprint density at radius 2 is 1.88 bits per heavy atom. The Morgan fingerprint density at radius 1 is 1.24 bits per heavy atom. The molecule has 5 N–H and O–H groups in total. The van der Waals surface area contributed by atoms with E-state index >= 15 is 0 Å². The number of nitrogens with two attached hydrogens (primary N) is 1. The van der Waals surface area contributed by atoms with Gasteiger partial charge in [-0.1, -0.05) is 0 Å². The highest BCUT2D eigenvalue weighted by Gasteiger charge is 2.06. The lowest BCUT2D eigenvalue weighted by atomic mass is 10.2. The van der Waals surface area contributed by atoms with Crippen molar-refractivity contribution in [2.45, 2.75) is 0 Å². The Kier molecular flexibility index (Phi) is 4.96. The Balaban J connectivity index is 2.54. The SMILES string of the molecule is NCCNc1ccc(C(=O)NCC(=O)O)cc1. The van der Waals surface area contributed by atoms with E-state index in [0.29, 0.717) is 18.7 Å². The van der Waals surface area contributed by atoms with E-state index < -0.39 is 11.9 Å². The molecule has 0 spiro atoms. The molecule has 6 heteroatoms. The summed E-state index contributed by atoms with van der Waals surface area (Å²) in [5, 5.41) is 13.8. The molecule has 1 amide bonds. The van der Waals surface area contributed by atoms with Gasteiger partial charge in [0.2, 0.25) is 0 Å². The van der Waals surface area contributed by atoms with Gasteiger partial charge < -0.3 is 21.5 Å². The highest BCUT2D eigenvalue weighted by molar-refractivity contribution is 5.96. The van der Waals surface area contributed by atoms with Gasteiger partial charge in [-0.15, -0.1) is 0 Å². The molecule has 0 bridgehead atoms. The van der Waals surface area contributed by atoms with E-state index in [1.54, 1.807) is 24.3 Å². The van der Waals surface area contributed by atoms with Crippen LogP contribution in [0.2, 0.25) is 0 Å². The monoisotopic (exact) mass is 237 g/mol. The summed E-state index contributed by atoms with van der Waals surface area (Å²) in [6, 6.07) is 6.72. The van der Waals surface area contributed by atoms with Crippen LogP contribution >= 0.6 is 0 Å². The number of amides is 1. The van der Waals surface area contributed by atoms with Crippen molar-refractivity contribution in [3.05, 3.63) is 29.8 Å². The highest BCUT2D eigenvalue weighted by atomic mass is 16.4. The first kappa shape index (κ1) is 13.0. The van der Waals surface area contributed by atoms with Gasteiger partial charge in [0.1, 0.15) is 6.54 Å². The molecule has 0 atom stereocenters. The molecule has 17 heavy (non-hydrogen) atoms. The van der Waals surface area contributed by atoms with Crippen LogP contribution < -0.4 is 16.4 Å². The van der Waals surface area contributed by atoms with Crippen molar-refractivity contribution in [2.75, 3.05) is 25.0 Å². The molecular weight excluding hydrogens is 222 g/mol. The van der Waals surface area contributed by atoms with E-state index in [1.165, 1.54) is 0 Å². The third kappa shape index (κ3) is 4.52. The highest BCUT2D eigenvalue weighted by Crippen LogP contribution is 2.08. The van der Waals surface area contributed by atoms with E-state index in [0.717, 1.165) is 5.69 Å². The van der Waals surface area contributed by atoms with Gasteiger partial charge in [0.05, 0.1) is 0 Å². The van der Waals surface area contributed by atoms with Gasteiger partial charge in [0.15, 0.2) is 0 Å². The van der Waals surface area contributed by atoms with Gasteiger partial charge in [-0.2, -0.15) is 0 Å².